The van der Waals surface area contributed by atoms with Gasteiger partial charge in [0.25, 0.3) is 17.1 Å². The Morgan fingerprint density at radius 3 is 2.42 bits per heavy atom. The summed E-state index contributed by atoms with van der Waals surface area (Å²) in [5, 5.41) is 0.139. The molecule has 0 radical (unpaired) electrons. The molecule has 5 rings (SSSR count). The van der Waals surface area contributed by atoms with Crippen LogP contribution in [0.3, 0.4) is 0 Å². The van der Waals surface area contributed by atoms with Gasteiger partial charge in [0.2, 0.25) is 0 Å². The molecule has 3 amide bonds. The molecule has 2 aliphatic rings. The molecule has 0 aromatic heterocycles. The van der Waals surface area contributed by atoms with Crippen LogP contribution in [0.4, 0.5) is 16.2 Å². The van der Waals surface area contributed by atoms with Crippen molar-refractivity contribution in [2.75, 3.05) is 18.2 Å². The molecule has 184 valence electrons. The Kier molecular flexibility index (Phi) is 7.00. The maximum atomic E-state index is 13.4. The zero-order valence-corrected chi connectivity index (χ0v) is 21.1. The number of anilines is 2. The fraction of sp³-hybridized carbons (Fsp3) is 0.222. The lowest BCUT2D eigenvalue weighted by atomic mass is 10.1. The fourth-order valence-electron chi connectivity index (χ4n) is 4.28. The lowest BCUT2D eigenvalue weighted by molar-refractivity contribution is -0.134. The minimum Gasteiger partial charge on any atom is -0.355 e. The van der Waals surface area contributed by atoms with E-state index in [1.165, 1.54) is 4.90 Å². The molecular weight excluding hydrogens is 498 g/mol. The minimum atomic E-state index is -0.935. The second-order valence-corrected chi connectivity index (χ2v) is 10.1. The molecule has 0 saturated carbocycles. The number of imide groups is 1. The molecule has 0 aliphatic carbocycles. The highest BCUT2D eigenvalue weighted by atomic mass is 35.5. The van der Waals surface area contributed by atoms with Gasteiger partial charge >= 0.3 is 0 Å². The Morgan fingerprint density at radius 2 is 1.69 bits per heavy atom. The summed E-state index contributed by atoms with van der Waals surface area (Å²) in [5.41, 5.74) is 2.15. The molecule has 2 unspecified atom stereocenters. The van der Waals surface area contributed by atoms with Crippen molar-refractivity contribution in [2.24, 2.45) is 0 Å². The third kappa shape index (κ3) is 4.84. The van der Waals surface area contributed by atoms with Crippen molar-refractivity contribution in [3.8, 4) is 0 Å². The normalized spacial score (nSPS) is 18.6. The second-order valence-electron chi connectivity index (χ2n) is 8.65. The first-order chi connectivity index (χ1) is 17.4. The van der Waals surface area contributed by atoms with Gasteiger partial charge in [-0.05, 0) is 54.6 Å². The largest absolute Gasteiger partial charge is 0.355 e. The molecule has 2 heterocycles. The molecule has 0 spiro atoms. The second kappa shape index (κ2) is 10.3. The monoisotopic (exact) mass is 521 g/mol. The topological polar surface area (TPSA) is 70.2 Å². The molecular formula is C27H24ClN3O4S. The van der Waals surface area contributed by atoms with E-state index in [1.54, 1.807) is 17.0 Å². The van der Waals surface area contributed by atoms with Gasteiger partial charge in [0.1, 0.15) is 0 Å². The third-order valence-electron chi connectivity index (χ3n) is 6.20. The van der Waals surface area contributed by atoms with Crippen LogP contribution < -0.4 is 4.90 Å². The van der Waals surface area contributed by atoms with E-state index in [4.69, 9.17) is 16.3 Å². The maximum Gasteiger partial charge on any atom is 0.291 e. The van der Waals surface area contributed by atoms with Crippen molar-refractivity contribution in [2.45, 2.75) is 24.9 Å². The van der Waals surface area contributed by atoms with Crippen LogP contribution in [0.15, 0.2) is 78.9 Å². The highest BCUT2D eigenvalue weighted by Gasteiger charge is 2.41. The van der Waals surface area contributed by atoms with Gasteiger partial charge in [-0.2, -0.15) is 0 Å². The number of rotatable bonds is 7. The van der Waals surface area contributed by atoms with Gasteiger partial charge in [0, 0.05) is 10.7 Å². The summed E-state index contributed by atoms with van der Waals surface area (Å²) in [6, 6.07) is 24.1. The first kappa shape index (κ1) is 24.4. The Hall–Kier alpha value is -3.33. The van der Waals surface area contributed by atoms with Gasteiger partial charge in [0.15, 0.2) is 5.44 Å². The number of amides is 3. The first-order valence-corrected chi connectivity index (χ1v) is 12.8. The van der Waals surface area contributed by atoms with Gasteiger partial charge < -0.3 is 14.5 Å². The molecule has 2 aliphatic heterocycles. The number of hydrogen-bond acceptors (Lipinski definition) is 6. The smallest absolute Gasteiger partial charge is 0.291 e. The summed E-state index contributed by atoms with van der Waals surface area (Å²) in [7, 11) is 0. The van der Waals surface area contributed by atoms with Crippen molar-refractivity contribution in [3.63, 3.8) is 0 Å². The van der Waals surface area contributed by atoms with Crippen LogP contribution in [0.25, 0.3) is 0 Å². The van der Waals surface area contributed by atoms with Crippen LogP contribution >= 0.6 is 23.4 Å². The quantitative estimate of drug-likeness (QED) is 0.408. The molecule has 0 N–H and O–H groups in total. The summed E-state index contributed by atoms with van der Waals surface area (Å²) in [5.74, 6) is -0.544. The average Bonchev–Trinajstić information content (AvgIpc) is 3.16. The zero-order chi connectivity index (χ0) is 25.2. The van der Waals surface area contributed by atoms with E-state index in [1.807, 2.05) is 78.6 Å². The molecule has 36 heavy (non-hydrogen) atoms. The molecule has 1 saturated heterocycles. The zero-order valence-electron chi connectivity index (χ0n) is 19.5. The Balaban J connectivity index is 1.29. The van der Waals surface area contributed by atoms with Crippen LogP contribution in [-0.4, -0.2) is 51.6 Å². The average molecular weight is 522 g/mol. The van der Waals surface area contributed by atoms with Gasteiger partial charge in [0.05, 0.1) is 37.1 Å². The highest BCUT2D eigenvalue weighted by Crippen LogP contribution is 2.36. The number of carbonyl (C=O) groups is 3. The number of thioether (sulfide) groups is 1. The molecule has 1 fully saturated rings. The number of fused-ring (bicyclic) bond motifs is 1. The molecule has 3 aromatic carbocycles. The number of nitrogens with zero attached hydrogens (tertiary/aromatic N) is 3. The predicted octanol–water partition coefficient (Wildman–Crippen LogP) is 5.52. The first-order valence-electron chi connectivity index (χ1n) is 11.5. The highest BCUT2D eigenvalue weighted by molar-refractivity contribution is 8.15. The lowest BCUT2D eigenvalue weighted by Gasteiger charge is -2.41. The molecule has 3 aromatic rings. The fourth-order valence-corrected chi connectivity index (χ4v) is 5.30. The Bertz CT molecular complexity index is 1290. The van der Waals surface area contributed by atoms with Crippen molar-refractivity contribution < 1.29 is 19.1 Å². The summed E-state index contributed by atoms with van der Waals surface area (Å²) < 4.78 is 5.88. The number of carbonyl (C=O) groups excluding carboxylic acids is 3. The van der Waals surface area contributed by atoms with E-state index in [9.17, 15) is 14.4 Å². The number of para-hydroxylation sites is 1. The van der Waals surface area contributed by atoms with Crippen molar-refractivity contribution in [1.29, 1.82) is 0 Å². The maximum absolute atomic E-state index is 13.4. The van der Waals surface area contributed by atoms with Crippen LogP contribution in [0.1, 0.15) is 22.8 Å². The van der Waals surface area contributed by atoms with Crippen LogP contribution in [0, 0.1) is 0 Å². The standard InChI is InChI=1S/C27H24ClN3O4S/c1-18(16-35-26-25(33)29(27(34)36-26)15-19-8-4-2-5-9-19)30-17-31(21-10-6-3-7-11-21)23-13-12-20(28)14-22(23)24(30)32/h2-14,18,26H,15-17H2,1H3. The molecule has 9 heteroatoms. The van der Waals surface area contributed by atoms with Gasteiger partial charge in [-0.25, -0.2) is 0 Å². The van der Waals surface area contributed by atoms with E-state index in [2.05, 4.69) is 0 Å². The summed E-state index contributed by atoms with van der Waals surface area (Å²) in [6.07, 6.45) is 0. The number of benzene rings is 3. The predicted molar refractivity (Wildman–Crippen MR) is 140 cm³/mol. The molecule has 2 atom stereocenters. The van der Waals surface area contributed by atoms with E-state index in [-0.39, 0.29) is 36.2 Å². The van der Waals surface area contributed by atoms with E-state index < -0.39 is 5.44 Å². The lowest BCUT2D eigenvalue weighted by Crippen LogP contribution is -2.50. The Morgan fingerprint density at radius 1 is 1.00 bits per heavy atom. The van der Waals surface area contributed by atoms with Crippen LogP contribution in [-0.2, 0) is 16.1 Å². The summed E-state index contributed by atoms with van der Waals surface area (Å²) in [6.45, 7) is 2.48. The number of ether oxygens (including phenoxy) is 1. The van der Waals surface area contributed by atoms with Crippen molar-refractivity contribution >= 4 is 51.8 Å². The van der Waals surface area contributed by atoms with Crippen molar-refractivity contribution in [3.05, 3.63) is 95.0 Å². The minimum absolute atomic E-state index is 0.0974. The van der Waals surface area contributed by atoms with Crippen molar-refractivity contribution in [1.82, 2.24) is 9.80 Å². The van der Waals surface area contributed by atoms with E-state index in [0.29, 0.717) is 17.3 Å². The van der Waals surface area contributed by atoms with Crippen LogP contribution in [0.5, 0.6) is 0 Å². The Labute approximate surface area is 218 Å². The molecule has 0 bridgehead atoms. The summed E-state index contributed by atoms with van der Waals surface area (Å²) >= 11 is 7.08. The van der Waals surface area contributed by atoms with Crippen LogP contribution in [0.2, 0.25) is 5.02 Å². The number of hydrogen-bond donors (Lipinski definition) is 0. The SMILES string of the molecule is CC(COC1SC(=O)N(Cc2ccccc2)C1=O)N1CN(c2ccccc2)c2ccc(Cl)cc2C1=O. The summed E-state index contributed by atoms with van der Waals surface area (Å²) in [4.78, 5) is 43.7. The van der Waals surface area contributed by atoms with E-state index >= 15 is 0 Å². The number of halogens is 1. The van der Waals surface area contributed by atoms with Gasteiger partial charge in [-0.3, -0.25) is 19.3 Å². The van der Waals surface area contributed by atoms with Gasteiger partial charge in [-0.1, -0.05) is 60.1 Å². The molecule has 7 nitrogen and oxygen atoms in total. The van der Waals surface area contributed by atoms with E-state index in [0.717, 1.165) is 28.7 Å². The third-order valence-corrected chi connectivity index (χ3v) is 7.41. The van der Waals surface area contributed by atoms with Gasteiger partial charge in [-0.15, -0.1) is 0 Å².